The molecule has 3 rings (SSSR count). The minimum atomic E-state index is -0.921. The average Bonchev–Trinajstić information content (AvgIpc) is 2.85. The standard InChI is InChI=1S/C28H43N3O4S/c1-16-10-7-13-23(18(16)3)30-25(32)20(5)35-28(34)22-12-9-15-29-27(22)36-21(6)26(33)31-24-14-8-11-17(2)19(24)4/h9,12,15-21,23-24H,7-8,10-11,13-14H2,1-6H3,(H,30,32)(H,31,33)/t16-,17-,18+,19+,20-,21-,23-,24-/m1/s1. The van der Waals surface area contributed by atoms with E-state index in [0.29, 0.717) is 28.7 Å². The van der Waals surface area contributed by atoms with Gasteiger partial charge in [-0.1, -0.05) is 65.1 Å². The van der Waals surface area contributed by atoms with Crippen molar-refractivity contribution in [2.24, 2.45) is 23.7 Å². The number of pyridine rings is 1. The maximum atomic E-state index is 13.0. The third kappa shape index (κ3) is 7.24. The fourth-order valence-corrected chi connectivity index (χ4v) is 6.22. The second-order valence-electron chi connectivity index (χ2n) is 10.9. The van der Waals surface area contributed by atoms with E-state index in [2.05, 4.69) is 43.3 Å². The van der Waals surface area contributed by atoms with Gasteiger partial charge in [0.1, 0.15) is 5.03 Å². The van der Waals surface area contributed by atoms with Gasteiger partial charge in [0.05, 0.1) is 10.8 Å². The van der Waals surface area contributed by atoms with Gasteiger partial charge in [-0.3, -0.25) is 9.59 Å². The Morgan fingerprint density at radius 3 is 2.06 bits per heavy atom. The van der Waals surface area contributed by atoms with Gasteiger partial charge < -0.3 is 15.4 Å². The minimum absolute atomic E-state index is 0.0560. The van der Waals surface area contributed by atoms with Crippen LogP contribution in [0.4, 0.5) is 0 Å². The van der Waals surface area contributed by atoms with E-state index in [4.69, 9.17) is 4.74 Å². The van der Waals surface area contributed by atoms with Crippen LogP contribution in [-0.2, 0) is 14.3 Å². The van der Waals surface area contributed by atoms with Gasteiger partial charge in [-0.15, -0.1) is 0 Å². The highest BCUT2D eigenvalue weighted by molar-refractivity contribution is 8.00. The van der Waals surface area contributed by atoms with Gasteiger partial charge in [-0.25, -0.2) is 9.78 Å². The highest BCUT2D eigenvalue weighted by Crippen LogP contribution is 2.31. The normalized spacial score (nSPS) is 30.1. The van der Waals surface area contributed by atoms with Crippen molar-refractivity contribution in [3.63, 3.8) is 0 Å². The summed E-state index contributed by atoms with van der Waals surface area (Å²) in [4.78, 5) is 43.0. The van der Waals surface area contributed by atoms with Gasteiger partial charge in [-0.05, 0) is 62.5 Å². The molecule has 1 aromatic heterocycles. The van der Waals surface area contributed by atoms with Crippen LogP contribution in [0.5, 0.6) is 0 Å². The molecule has 0 aliphatic heterocycles. The van der Waals surface area contributed by atoms with Crippen LogP contribution < -0.4 is 10.6 Å². The summed E-state index contributed by atoms with van der Waals surface area (Å²) >= 11 is 1.24. The third-order valence-corrected chi connectivity index (χ3v) is 9.49. The van der Waals surface area contributed by atoms with Gasteiger partial charge in [0.2, 0.25) is 5.91 Å². The number of nitrogens with zero attached hydrogens (tertiary/aromatic N) is 1. The smallest absolute Gasteiger partial charge is 0.341 e. The van der Waals surface area contributed by atoms with Crippen LogP contribution in [0, 0.1) is 23.7 Å². The molecule has 0 radical (unpaired) electrons. The Hall–Kier alpha value is -2.09. The van der Waals surface area contributed by atoms with E-state index in [0.717, 1.165) is 25.7 Å². The molecule has 2 aliphatic rings. The number of esters is 1. The van der Waals surface area contributed by atoms with Crippen LogP contribution in [0.3, 0.4) is 0 Å². The fraction of sp³-hybridized carbons (Fsp3) is 0.714. The number of aromatic nitrogens is 1. The first kappa shape index (κ1) is 28.5. The van der Waals surface area contributed by atoms with Crippen LogP contribution in [0.2, 0.25) is 0 Å². The summed E-state index contributed by atoms with van der Waals surface area (Å²) in [5, 5.41) is 6.28. The predicted octanol–water partition coefficient (Wildman–Crippen LogP) is 4.99. The average molecular weight is 518 g/mol. The third-order valence-electron chi connectivity index (χ3n) is 8.37. The molecule has 0 unspecified atom stereocenters. The highest BCUT2D eigenvalue weighted by Gasteiger charge is 2.32. The summed E-state index contributed by atoms with van der Waals surface area (Å²) < 4.78 is 5.53. The molecule has 2 N–H and O–H groups in total. The summed E-state index contributed by atoms with van der Waals surface area (Å²) in [6.07, 6.45) is 7.20. The van der Waals surface area contributed by atoms with Gasteiger partial charge in [0.25, 0.3) is 5.91 Å². The van der Waals surface area contributed by atoms with Crippen molar-refractivity contribution in [2.75, 3.05) is 0 Å². The summed E-state index contributed by atoms with van der Waals surface area (Å²) in [5.41, 5.74) is 0.265. The van der Waals surface area contributed by atoms with Gasteiger partial charge in [-0.2, -0.15) is 0 Å². The molecule has 8 atom stereocenters. The molecule has 1 aromatic rings. The van der Waals surface area contributed by atoms with Crippen molar-refractivity contribution in [2.45, 2.75) is 109 Å². The van der Waals surface area contributed by atoms with E-state index in [1.165, 1.54) is 24.6 Å². The van der Waals surface area contributed by atoms with Crippen LogP contribution in [0.15, 0.2) is 23.4 Å². The Morgan fingerprint density at radius 1 is 0.917 bits per heavy atom. The zero-order valence-electron chi connectivity index (χ0n) is 22.6. The monoisotopic (exact) mass is 517 g/mol. The van der Waals surface area contributed by atoms with Gasteiger partial charge in [0.15, 0.2) is 6.10 Å². The van der Waals surface area contributed by atoms with E-state index in [1.54, 1.807) is 25.3 Å². The molecule has 1 heterocycles. The molecule has 0 spiro atoms. The minimum Gasteiger partial charge on any atom is -0.449 e. The molecule has 36 heavy (non-hydrogen) atoms. The van der Waals surface area contributed by atoms with Crippen LogP contribution in [0.25, 0.3) is 0 Å². The number of amides is 2. The van der Waals surface area contributed by atoms with Crippen molar-refractivity contribution in [3.05, 3.63) is 23.9 Å². The Morgan fingerprint density at radius 2 is 1.47 bits per heavy atom. The maximum absolute atomic E-state index is 13.0. The molecular weight excluding hydrogens is 474 g/mol. The Kier molecular flexibility index (Phi) is 10.2. The first-order valence-corrected chi connectivity index (χ1v) is 14.4. The summed E-state index contributed by atoms with van der Waals surface area (Å²) in [6, 6.07) is 3.56. The van der Waals surface area contributed by atoms with Crippen molar-refractivity contribution < 1.29 is 19.1 Å². The summed E-state index contributed by atoms with van der Waals surface area (Å²) in [5.74, 6) is 1.03. The number of nitrogens with one attached hydrogen (secondary N) is 2. The van der Waals surface area contributed by atoms with E-state index in [1.807, 2.05) is 6.92 Å². The van der Waals surface area contributed by atoms with Crippen molar-refractivity contribution in [1.82, 2.24) is 15.6 Å². The second kappa shape index (κ2) is 12.9. The lowest BCUT2D eigenvalue weighted by Crippen LogP contribution is -2.47. The van der Waals surface area contributed by atoms with E-state index < -0.39 is 17.3 Å². The van der Waals surface area contributed by atoms with Crippen LogP contribution >= 0.6 is 11.8 Å². The van der Waals surface area contributed by atoms with E-state index in [9.17, 15) is 14.4 Å². The predicted molar refractivity (Wildman–Crippen MR) is 143 cm³/mol. The molecule has 8 heteroatoms. The second-order valence-corrected chi connectivity index (χ2v) is 12.3. The molecule has 0 bridgehead atoms. The zero-order valence-corrected chi connectivity index (χ0v) is 23.4. The first-order chi connectivity index (χ1) is 17.1. The number of ether oxygens (including phenoxy) is 1. The largest absolute Gasteiger partial charge is 0.449 e. The number of carbonyl (C=O) groups excluding carboxylic acids is 3. The van der Waals surface area contributed by atoms with Crippen molar-refractivity contribution in [3.8, 4) is 0 Å². The van der Waals surface area contributed by atoms with Crippen molar-refractivity contribution >= 4 is 29.5 Å². The molecule has 0 saturated heterocycles. The molecular formula is C28H43N3O4S. The van der Waals surface area contributed by atoms with Gasteiger partial charge in [0, 0.05) is 18.3 Å². The highest BCUT2D eigenvalue weighted by atomic mass is 32.2. The number of hydrogen-bond acceptors (Lipinski definition) is 6. The van der Waals surface area contributed by atoms with Crippen LogP contribution in [-0.4, -0.2) is 46.2 Å². The number of thioether (sulfide) groups is 1. The lowest BCUT2D eigenvalue weighted by molar-refractivity contribution is -0.130. The summed E-state index contributed by atoms with van der Waals surface area (Å²) in [7, 11) is 0. The molecule has 2 amide bonds. The molecule has 2 saturated carbocycles. The maximum Gasteiger partial charge on any atom is 0.341 e. The molecule has 7 nitrogen and oxygen atoms in total. The van der Waals surface area contributed by atoms with E-state index >= 15 is 0 Å². The lowest BCUT2D eigenvalue weighted by atomic mass is 9.78. The Balaban J connectivity index is 1.58. The number of carbonyl (C=O) groups is 3. The van der Waals surface area contributed by atoms with E-state index in [-0.39, 0.29) is 29.5 Å². The zero-order chi connectivity index (χ0) is 26.4. The molecule has 0 aromatic carbocycles. The lowest BCUT2D eigenvalue weighted by Gasteiger charge is -2.35. The van der Waals surface area contributed by atoms with Crippen LogP contribution in [0.1, 0.15) is 90.4 Å². The van der Waals surface area contributed by atoms with Crippen molar-refractivity contribution in [1.29, 1.82) is 0 Å². The Labute approximate surface area is 220 Å². The quantitative estimate of drug-likeness (QED) is 0.372. The molecule has 200 valence electrons. The molecule has 2 aliphatic carbocycles. The summed E-state index contributed by atoms with van der Waals surface area (Å²) in [6.45, 7) is 12.2. The topological polar surface area (TPSA) is 97.4 Å². The number of rotatable bonds is 8. The number of hydrogen-bond donors (Lipinski definition) is 2. The fourth-order valence-electron chi connectivity index (χ4n) is 5.31. The first-order valence-electron chi connectivity index (χ1n) is 13.5. The SMILES string of the molecule is C[C@H]1[C@H](C)CCC[C@H]1NC(=O)[C@@H](C)OC(=O)c1cccnc1S[C@H](C)C(=O)N[C@@H]1CCC[C@@H](C)[C@@H]1C. The molecule has 2 fully saturated rings. The van der Waals surface area contributed by atoms with Gasteiger partial charge >= 0.3 is 5.97 Å². The Bertz CT molecular complexity index is 926.